The van der Waals surface area contributed by atoms with E-state index in [-0.39, 0.29) is 18.0 Å². The van der Waals surface area contributed by atoms with Crippen molar-refractivity contribution in [3.8, 4) is 0 Å². The molecule has 1 unspecified atom stereocenters. The van der Waals surface area contributed by atoms with Crippen molar-refractivity contribution in [3.05, 3.63) is 71.4 Å². The fraction of sp³-hybridized carbons (Fsp3) is 0.304. The maximum absolute atomic E-state index is 13.1. The van der Waals surface area contributed by atoms with Crippen molar-refractivity contribution < 1.29 is 14.3 Å². The molecule has 3 aromatic rings. The molecule has 1 saturated heterocycles. The molecule has 1 fully saturated rings. The molecule has 150 valence electrons. The molecule has 6 nitrogen and oxygen atoms in total. The predicted molar refractivity (Wildman–Crippen MR) is 112 cm³/mol. The van der Waals surface area contributed by atoms with Crippen LogP contribution >= 0.6 is 0 Å². The monoisotopic (exact) mass is 391 g/mol. The van der Waals surface area contributed by atoms with Gasteiger partial charge in [-0.1, -0.05) is 24.3 Å². The fourth-order valence-corrected chi connectivity index (χ4v) is 3.77. The van der Waals surface area contributed by atoms with Crippen LogP contribution in [0, 0.1) is 0 Å². The van der Waals surface area contributed by atoms with E-state index in [1.807, 2.05) is 62.8 Å². The largest absolute Gasteiger partial charge is 0.447 e. The first-order valence-corrected chi connectivity index (χ1v) is 9.73. The van der Waals surface area contributed by atoms with Crippen LogP contribution in [0.2, 0.25) is 0 Å². The van der Waals surface area contributed by atoms with E-state index in [0.29, 0.717) is 12.2 Å². The molecule has 0 saturated carbocycles. The Bertz CT molecular complexity index is 1060. The van der Waals surface area contributed by atoms with Crippen molar-refractivity contribution in [3.63, 3.8) is 0 Å². The molecular formula is C23H25N3O3. The van der Waals surface area contributed by atoms with Crippen LogP contribution in [0.3, 0.4) is 0 Å². The van der Waals surface area contributed by atoms with Gasteiger partial charge in [0.25, 0.3) is 5.91 Å². The third-order valence-electron chi connectivity index (χ3n) is 5.48. The number of fused-ring (bicyclic) bond motifs is 1. The first-order valence-electron chi connectivity index (χ1n) is 9.73. The summed E-state index contributed by atoms with van der Waals surface area (Å²) in [5, 5.41) is 1.04. The van der Waals surface area contributed by atoms with Gasteiger partial charge in [0, 0.05) is 30.7 Å². The number of likely N-dealkylation sites (N-methyl/N-ethyl adjacent to an activating group) is 2. The summed E-state index contributed by atoms with van der Waals surface area (Å²) in [6.45, 7) is 1.23. The fourth-order valence-electron chi connectivity index (χ4n) is 3.77. The summed E-state index contributed by atoms with van der Waals surface area (Å²) in [5.74, 6) is -0.0454. The number of hydrogen-bond donors (Lipinski definition) is 0. The Morgan fingerprint density at radius 2 is 1.93 bits per heavy atom. The molecule has 0 bridgehead atoms. The van der Waals surface area contributed by atoms with E-state index < -0.39 is 0 Å². The third kappa shape index (κ3) is 3.63. The number of carbonyl (C=O) groups is 2. The van der Waals surface area contributed by atoms with Crippen LogP contribution in [-0.4, -0.2) is 60.7 Å². The summed E-state index contributed by atoms with van der Waals surface area (Å²) >= 11 is 0. The van der Waals surface area contributed by atoms with Gasteiger partial charge in [-0.15, -0.1) is 0 Å². The van der Waals surface area contributed by atoms with Gasteiger partial charge in [-0.3, -0.25) is 9.36 Å². The van der Waals surface area contributed by atoms with Crippen LogP contribution in [0.25, 0.3) is 10.9 Å². The molecule has 1 atom stereocenters. The van der Waals surface area contributed by atoms with E-state index in [1.54, 1.807) is 16.5 Å². The summed E-state index contributed by atoms with van der Waals surface area (Å²) in [5.41, 5.74) is 3.67. The molecule has 4 rings (SSSR count). The Balaban J connectivity index is 1.79. The van der Waals surface area contributed by atoms with E-state index >= 15 is 0 Å². The SMILES string of the molecule is CN(C)CCc1cn(C(=O)c2ccccc2)c2ccc(C3COC(=O)N3C)cc12. The van der Waals surface area contributed by atoms with Crippen molar-refractivity contribution in [2.75, 3.05) is 34.3 Å². The van der Waals surface area contributed by atoms with Gasteiger partial charge < -0.3 is 14.5 Å². The van der Waals surface area contributed by atoms with Crippen LogP contribution in [0.15, 0.2) is 54.7 Å². The van der Waals surface area contributed by atoms with E-state index in [4.69, 9.17) is 4.74 Å². The number of ether oxygens (including phenoxy) is 1. The molecule has 0 radical (unpaired) electrons. The molecular weight excluding hydrogens is 366 g/mol. The lowest BCUT2D eigenvalue weighted by atomic mass is 10.0. The number of aromatic nitrogens is 1. The normalized spacial score (nSPS) is 16.6. The minimum absolute atomic E-state index is 0.0454. The zero-order valence-electron chi connectivity index (χ0n) is 17.0. The molecule has 1 amide bonds. The van der Waals surface area contributed by atoms with Gasteiger partial charge in [0.15, 0.2) is 0 Å². The second-order valence-electron chi connectivity index (χ2n) is 7.73. The molecule has 6 heteroatoms. The zero-order chi connectivity index (χ0) is 20.5. The van der Waals surface area contributed by atoms with E-state index in [1.165, 1.54) is 0 Å². The molecule has 1 aromatic heterocycles. The highest BCUT2D eigenvalue weighted by atomic mass is 16.6. The molecule has 1 aliphatic rings. The van der Waals surface area contributed by atoms with Crippen molar-refractivity contribution in [2.24, 2.45) is 0 Å². The number of benzene rings is 2. The van der Waals surface area contributed by atoms with Crippen molar-refractivity contribution in [2.45, 2.75) is 12.5 Å². The van der Waals surface area contributed by atoms with Gasteiger partial charge in [-0.2, -0.15) is 0 Å². The van der Waals surface area contributed by atoms with Crippen LogP contribution in [-0.2, 0) is 11.2 Å². The highest BCUT2D eigenvalue weighted by molar-refractivity contribution is 6.03. The van der Waals surface area contributed by atoms with Crippen LogP contribution < -0.4 is 0 Å². The summed E-state index contributed by atoms with van der Waals surface area (Å²) < 4.78 is 6.91. The molecule has 2 aromatic carbocycles. The topological polar surface area (TPSA) is 54.8 Å². The van der Waals surface area contributed by atoms with Gasteiger partial charge in [0.1, 0.15) is 6.61 Å². The van der Waals surface area contributed by atoms with E-state index in [0.717, 1.165) is 35.0 Å². The minimum atomic E-state index is -0.306. The standard InChI is InChI=1S/C23H25N3O3/c1-24(2)12-11-18-14-26(22(27)16-7-5-4-6-8-16)20-10-9-17(13-19(18)20)21-15-29-23(28)25(21)3/h4-10,13-14,21H,11-12,15H2,1-3H3. The smallest absolute Gasteiger partial charge is 0.410 e. The van der Waals surface area contributed by atoms with Gasteiger partial charge in [0.05, 0.1) is 11.6 Å². The number of hydrogen-bond acceptors (Lipinski definition) is 4. The van der Waals surface area contributed by atoms with Crippen LogP contribution in [0.4, 0.5) is 4.79 Å². The Labute approximate surface area is 170 Å². The first-order chi connectivity index (χ1) is 14.0. The van der Waals surface area contributed by atoms with Gasteiger partial charge >= 0.3 is 6.09 Å². The maximum atomic E-state index is 13.1. The third-order valence-corrected chi connectivity index (χ3v) is 5.48. The number of carbonyl (C=O) groups excluding carboxylic acids is 2. The quantitative estimate of drug-likeness (QED) is 0.667. The van der Waals surface area contributed by atoms with Crippen molar-refractivity contribution in [1.29, 1.82) is 0 Å². The molecule has 29 heavy (non-hydrogen) atoms. The van der Waals surface area contributed by atoms with Gasteiger partial charge in [0.2, 0.25) is 0 Å². The second kappa shape index (κ2) is 7.72. The van der Waals surface area contributed by atoms with Crippen LogP contribution in [0.5, 0.6) is 0 Å². The zero-order valence-corrected chi connectivity index (χ0v) is 17.0. The lowest BCUT2D eigenvalue weighted by Gasteiger charge is -2.17. The van der Waals surface area contributed by atoms with Gasteiger partial charge in [-0.05, 0) is 55.9 Å². The number of rotatable bonds is 5. The van der Waals surface area contributed by atoms with Crippen LogP contribution in [0.1, 0.15) is 27.5 Å². The lowest BCUT2D eigenvalue weighted by molar-refractivity contribution is 0.0964. The molecule has 0 spiro atoms. The molecule has 0 N–H and O–H groups in total. The van der Waals surface area contributed by atoms with E-state index in [9.17, 15) is 9.59 Å². The average Bonchev–Trinajstić information content (AvgIpc) is 3.26. The number of amides is 1. The Morgan fingerprint density at radius 1 is 1.17 bits per heavy atom. The van der Waals surface area contributed by atoms with E-state index in [2.05, 4.69) is 11.0 Å². The molecule has 2 heterocycles. The Kier molecular flexibility index (Phi) is 5.11. The summed E-state index contributed by atoms with van der Waals surface area (Å²) in [4.78, 5) is 28.6. The first kappa shape index (κ1) is 19.2. The van der Waals surface area contributed by atoms with Crippen molar-refractivity contribution in [1.82, 2.24) is 14.4 Å². The van der Waals surface area contributed by atoms with Gasteiger partial charge in [-0.25, -0.2) is 4.79 Å². The highest BCUT2D eigenvalue weighted by Crippen LogP contribution is 2.31. The maximum Gasteiger partial charge on any atom is 0.410 e. The highest BCUT2D eigenvalue weighted by Gasteiger charge is 2.31. The predicted octanol–water partition coefficient (Wildman–Crippen LogP) is 3.56. The summed E-state index contributed by atoms with van der Waals surface area (Å²) in [6, 6.07) is 15.3. The molecule has 0 aliphatic carbocycles. The lowest BCUT2D eigenvalue weighted by Crippen LogP contribution is -2.22. The summed E-state index contributed by atoms with van der Waals surface area (Å²) in [6.07, 6.45) is 2.48. The molecule has 1 aliphatic heterocycles. The minimum Gasteiger partial charge on any atom is -0.447 e. The Morgan fingerprint density at radius 3 is 2.59 bits per heavy atom. The number of cyclic esters (lactones) is 1. The second-order valence-corrected chi connectivity index (χ2v) is 7.73. The summed E-state index contributed by atoms with van der Waals surface area (Å²) in [7, 11) is 5.83. The average molecular weight is 391 g/mol. The number of nitrogens with zero attached hydrogens (tertiary/aromatic N) is 3. The Hall–Kier alpha value is -3.12. The van der Waals surface area contributed by atoms with Crippen molar-refractivity contribution >= 4 is 22.9 Å².